The number of aliphatic hydroxyl groups is 4. The molecular formula is C6H11ClO5. The Morgan fingerprint density at radius 3 is 2.08 bits per heavy atom. The molecule has 1 rings (SSSR count). The minimum Gasteiger partial charge on any atom is -0.388 e. The third-order valence-electron chi connectivity index (χ3n) is 1.84. The van der Waals surface area contributed by atoms with Crippen LogP contribution < -0.4 is 0 Å². The number of aliphatic hydroxyl groups excluding tert-OH is 4. The predicted octanol–water partition coefficient (Wildman–Crippen LogP) is -1.97. The van der Waals surface area contributed by atoms with Gasteiger partial charge in [-0.15, -0.1) is 11.6 Å². The molecule has 4 N–H and O–H groups in total. The molecule has 0 aliphatic carbocycles. The van der Waals surface area contributed by atoms with Gasteiger partial charge in [0.2, 0.25) is 0 Å². The molecule has 0 aromatic heterocycles. The zero-order valence-electron chi connectivity index (χ0n) is 6.17. The highest BCUT2D eigenvalue weighted by molar-refractivity contribution is 6.18. The smallest absolute Gasteiger partial charge is 0.184 e. The van der Waals surface area contributed by atoms with Gasteiger partial charge in [0.1, 0.15) is 24.4 Å². The molecule has 0 spiro atoms. The average Bonchev–Trinajstić information content (AvgIpc) is 2.08. The van der Waals surface area contributed by atoms with Crippen LogP contribution in [0.4, 0.5) is 0 Å². The van der Waals surface area contributed by atoms with E-state index >= 15 is 0 Å². The molecule has 1 aliphatic rings. The first-order chi connectivity index (χ1) is 5.57. The van der Waals surface area contributed by atoms with E-state index in [-0.39, 0.29) is 5.88 Å². The van der Waals surface area contributed by atoms with Crippen molar-refractivity contribution in [2.45, 2.75) is 30.7 Å². The molecule has 0 aromatic carbocycles. The summed E-state index contributed by atoms with van der Waals surface area (Å²) in [6, 6.07) is 0. The van der Waals surface area contributed by atoms with Crippen LogP contribution in [-0.2, 0) is 4.74 Å². The van der Waals surface area contributed by atoms with Gasteiger partial charge in [-0.1, -0.05) is 0 Å². The van der Waals surface area contributed by atoms with Gasteiger partial charge in [-0.3, -0.25) is 0 Å². The Labute approximate surface area is 74.2 Å². The number of halogens is 1. The Kier molecular flexibility index (Phi) is 3.28. The molecule has 72 valence electrons. The fraction of sp³-hybridized carbons (Fsp3) is 1.00. The summed E-state index contributed by atoms with van der Waals surface area (Å²) >= 11 is 5.36. The predicted molar refractivity (Wildman–Crippen MR) is 39.6 cm³/mol. The van der Waals surface area contributed by atoms with E-state index in [0.29, 0.717) is 0 Å². The molecule has 0 aromatic rings. The van der Waals surface area contributed by atoms with Crippen molar-refractivity contribution < 1.29 is 25.2 Å². The Morgan fingerprint density at radius 1 is 1.00 bits per heavy atom. The molecule has 5 atom stereocenters. The van der Waals surface area contributed by atoms with Crippen molar-refractivity contribution in [3.05, 3.63) is 0 Å². The molecule has 1 aliphatic heterocycles. The summed E-state index contributed by atoms with van der Waals surface area (Å²) in [5.74, 6) is -0.0536. The first-order valence-electron chi connectivity index (χ1n) is 3.51. The van der Waals surface area contributed by atoms with Gasteiger partial charge in [-0.25, -0.2) is 0 Å². The summed E-state index contributed by atoms with van der Waals surface area (Å²) in [6.07, 6.45) is -6.51. The second-order valence-electron chi connectivity index (χ2n) is 2.69. The summed E-state index contributed by atoms with van der Waals surface area (Å²) in [4.78, 5) is 0. The molecule has 5 nitrogen and oxygen atoms in total. The van der Waals surface area contributed by atoms with Gasteiger partial charge in [-0.2, -0.15) is 0 Å². The van der Waals surface area contributed by atoms with Crippen LogP contribution in [0, 0.1) is 0 Å². The zero-order valence-corrected chi connectivity index (χ0v) is 6.92. The van der Waals surface area contributed by atoms with Crippen LogP contribution in [0.15, 0.2) is 0 Å². The number of rotatable bonds is 1. The first-order valence-corrected chi connectivity index (χ1v) is 4.05. The van der Waals surface area contributed by atoms with E-state index in [1.54, 1.807) is 0 Å². The van der Waals surface area contributed by atoms with Crippen LogP contribution >= 0.6 is 11.6 Å². The van der Waals surface area contributed by atoms with Crippen molar-refractivity contribution in [3.8, 4) is 0 Å². The molecule has 0 radical (unpaired) electrons. The van der Waals surface area contributed by atoms with Crippen molar-refractivity contribution in [2.24, 2.45) is 0 Å². The molecule has 12 heavy (non-hydrogen) atoms. The van der Waals surface area contributed by atoms with Crippen LogP contribution in [0.1, 0.15) is 0 Å². The summed E-state index contributed by atoms with van der Waals surface area (Å²) in [5.41, 5.74) is 0. The molecule has 1 heterocycles. The maximum atomic E-state index is 9.20. The van der Waals surface area contributed by atoms with Crippen LogP contribution in [0.5, 0.6) is 0 Å². The summed E-state index contributed by atoms with van der Waals surface area (Å²) in [7, 11) is 0. The quantitative estimate of drug-likeness (QED) is 0.367. The molecule has 0 bridgehead atoms. The number of hydrogen-bond acceptors (Lipinski definition) is 5. The van der Waals surface area contributed by atoms with Gasteiger partial charge >= 0.3 is 0 Å². The number of ether oxygens (including phenoxy) is 1. The van der Waals surface area contributed by atoms with Crippen molar-refractivity contribution >= 4 is 11.6 Å². The van der Waals surface area contributed by atoms with E-state index < -0.39 is 30.7 Å². The molecular weight excluding hydrogens is 188 g/mol. The SMILES string of the molecule is OC1O[C@H](CCl)[C@@H](O)[C@H](O)[C@@H]1O. The van der Waals surface area contributed by atoms with E-state index in [0.717, 1.165) is 0 Å². The van der Waals surface area contributed by atoms with Crippen molar-refractivity contribution in [1.82, 2.24) is 0 Å². The van der Waals surface area contributed by atoms with E-state index in [2.05, 4.69) is 0 Å². The third-order valence-corrected chi connectivity index (χ3v) is 2.14. The highest BCUT2D eigenvalue weighted by Gasteiger charge is 2.42. The lowest BCUT2D eigenvalue weighted by Crippen LogP contribution is -2.57. The minimum atomic E-state index is -1.49. The lowest BCUT2D eigenvalue weighted by atomic mass is 10.0. The standard InChI is InChI=1S/C6H11ClO5/c7-1-2-3(8)4(9)5(10)6(11)12-2/h2-6,8-11H,1H2/t2-,3-,4+,5+,6?/m1/s1. The average molecular weight is 199 g/mol. The number of alkyl halides is 1. The molecule has 1 unspecified atom stereocenters. The molecule has 1 saturated heterocycles. The van der Waals surface area contributed by atoms with Gasteiger partial charge in [-0.05, 0) is 0 Å². The minimum absolute atomic E-state index is 0.0536. The van der Waals surface area contributed by atoms with Crippen LogP contribution in [0.3, 0.4) is 0 Å². The van der Waals surface area contributed by atoms with Gasteiger partial charge in [0.25, 0.3) is 0 Å². The molecule has 1 fully saturated rings. The second-order valence-corrected chi connectivity index (χ2v) is 3.00. The maximum Gasteiger partial charge on any atom is 0.184 e. The van der Waals surface area contributed by atoms with Gasteiger partial charge in [0, 0.05) is 0 Å². The summed E-state index contributed by atoms with van der Waals surface area (Å²) in [5, 5.41) is 36.3. The Morgan fingerprint density at radius 2 is 1.58 bits per heavy atom. The van der Waals surface area contributed by atoms with E-state index in [4.69, 9.17) is 31.7 Å². The van der Waals surface area contributed by atoms with E-state index in [1.807, 2.05) is 0 Å². The van der Waals surface area contributed by atoms with E-state index in [9.17, 15) is 5.11 Å². The van der Waals surface area contributed by atoms with Gasteiger partial charge in [0.05, 0.1) is 5.88 Å². The normalized spacial score (nSPS) is 49.2. The summed E-state index contributed by atoms with van der Waals surface area (Å²) in [6.45, 7) is 0. The van der Waals surface area contributed by atoms with Crippen molar-refractivity contribution in [3.63, 3.8) is 0 Å². The maximum absolute atomic E-state index is 9.20. The third kappa shape index (κ3) is 1.71. The second kappa shape index (κ2) is 3.87. The lowest BCUT2D eigenvalue weighted by Gasteiger charge is -2.37. The number of hydrogen-bond donors (Lipinski definition) is 4. The monoisotopic (exact) mass is 198 g/mol. The van der Waals surface area contributed by atoms with Crippen molar-refractivity contribution in [1.29, 1.82) is 0 Å². The first kappa shape index (κ1) is 10.2. The van der Waals surface area contributed by atoms with Crippen LogP contribution in [0.25, 0.3) is 0 Å². The molecule has 0 amide bonds. The molecule has 6 heteroatoms. The highest BCUT2D eigenvalue weighted by Crippen LogP contribution is 2.20. The highest BCUT2D eigenvalue weighted by atomic mass is 35.5. The van der Waals surface area contributed by atoms with Gasteiger partial charge in [0.15, 0.2) is 6.29 Å². The van der Waals surface area contributed by atoms with E-state index in [1.165, 1.54) is 0 Å². The van der Waals surface area contributed by atoms with Crippen LogP contribution in [0.2, 0.25) is 0 Å². The van der Waals surface area contributed by atoms with Crippen LogP contribution in [-0.4, -0.2) is 57.0 Å². The summed E-state index contributed by atoms with van der Waals surface area (Å²) < 4.78 is 4.69. The fourth-order valence-electron chi connectivity index (χ4n) is 1.06. The van der Waals surface area contributed by atoms with Gasteiger partial charge < -0.3 is 25.2 Å². The lowest BCUT2D eigenvalue weighted by molar-refractivity contribution is -0.276. The Bertz CT molecular complexity index is 150. The largest absolute Gasteiger partial charge is 0.388 e. The van der Waals surface area contributed by atoms with Crippen molar-refractivity contribution in [2.75, 3.05) is 5.88 Å². The topological polar surface area (TPSA) is 90.2 Å². The zero-order chi connectivity index (χ0) is 9.30. The Balaban J connectivity index is 2.63. The molecule has 0 saturated carbocycles. The Hall–Kier alpha value is 0.0900. The fourth-order valence-corrected chi connectivity index (χ4v) is 1.31.